The van der Waals surface area contributed by atoms with E-state index in [9.17, 15) is 18.4 Å². The molecule has 1 aromatic carbocycles. The van der Waals surface area contributed by atoms with Gasteiger partial charge in [0.15, 0.2) is 0 Å². The molecule has 2 amide bonds. The van der Waals surface area contributed by atoms with Gasteiger partial charge in [-0.1, -0.05) is 37.8 Å². The van der Waals surface area contributed by atoms with Crippen LogP contribution in [0.2, 0.25) is 0 Å². The number of carbonyl (C=O) groups excluding carboxylic acids is 2. The Morgan fingerprint density at radius 1 is 1.07 bits per heavy atom. The van der Waals surface area contributed by atoms with Gasteiger partial charge in [0.25, 0.3) is 5.91 Å². The van der Waals surface area contributed by atoms with E-state index in [1.165, 1.54) is 25.0 Å². The molecule has 1 aliphatic carbocycles. The van der Waals surface area contributed by atoms with Crippen molar-refractivity contribution in [3.63, 3.8) is 0 Å². The molecular weight excluding hydrogens is 378 g/mol. The standard InChI is InChI=1S/C22H30F2N2O3/c1-25(17-10-4-2-3-5-11-17)20(27)16-9-8-14-26(15-16)21(28)18-12-6-7-13-19(18)29-22(23)24/h6-7,12-13,16-17,22H,2-5,8-11,14-15H2,1H3. The molecule has 0 N–H and O–H groups in total. The lowest BCUT2D eigenvalue weighted by molar-refractivity contribution is -0.138. The van der Waals surface area contributed by atoms with E-state index >= 15 is 0 Å². The number of hydrogen-bond donors (Lipinski definition) is 0. The topological polar surface area (TPSA) is 49.9 Å². The van der Waals surface area contributed by atoms with Crippen LogP contribution in [0, 0.1) is 5.92 Å². The lowest BCUT2D eigenvalue weighted by Crippen LogP contribution is -2.48. The number of nitrogens with zero attached hydrogens (tertiary/aromatic N) is 2. The molecule has 0 radical (unpaired) electrons. The third kappa shape index (κ3) is 5.46. The van der Waals surface area contributed by atoms with Crippen molar-refractivity contribution in [1.82, 2.24) is 9.80 Å². The van der Waals surface area contributed by atoms with Crippen molar-refractivity contribution in [1.29, 1.82) is 0 Å². The Morgan fingerprint density at radius 3 is 2.45 bits per heavy atom. The summed E-state index contributed by atoms with van der Waals surface area (Å²) in [5.41, 5.74) is 0.109. The van der Waals surface area contributed by atoms with Gasteiger partial charge in [-0.2, -0.15) is 8.78 Å². The van der Waals surface area contributed by atoms with Crippen molar-refractivity contribution < 1.29 is 23.1 Å². The normalized spacial score (nSPS) is 21.0. The Hall–Kier alpha value is -2.18. The van der Waals surface area contributed by atoms with E-state index in [0.29, 0.717) is 13.1 Å². The summed E-state index contributed by atoms with van der Waals surface area (Å²) in [4.78, 5) is 29.5. The lowest BCUT2D eigenvalue weighted by atomic mass is 9.94. The van der Waals surface area contributed by atoms with Gasteiger partial charge in [-0.15, -0.1) is 0 Å². The number of rotatable bonds is 5. The first-order valence-corrected chi connectivity index (χ1v) is 10.6. The van der Waals surface area contributed by atoms with Crippen molar-refractivity contribution in [2.75, 3.05) is 20.1 Å². The van der Waals surface area contributed by atoms with E-state index < -0.39 is 6.61 Å². The van der Waals surface area contributed by atoms with Gasteiger partial charge in [-0.25, -0.2) is 0 Å². The smallest absolute Gasteiger partial charge is 0.387 e. The molecule has 1 unspecified atom stereocenters. The van der Waals surface area contributed by atoms with Gasteiger partial charge in [0.2, 0.25) is 5.91 Å². The Morgan fingerprint density at radius 2 is 1.76 bits per heavy atom. The van der Waals surface area contributed by atoms with E-state index in [1.807, 2.05) is 11.9 Å². The SMILES string of the molecule is CN(C(=O)C1CCCN(C(=O)c2ccccc2OC(F)F)C1)C1CCCCCC1. The highest BCUT2D eigenvalue weighted by Crippen LogP contribution is 2.27. The zero-order valence-electron chi connectivity index (χ0n) is 17.0. The van der Waals surface area contributed by atoms with E-state index in [-0.39, 0.29) is 35.1 Å². The second-order valence-corrected chi connectivity index (χ2v) is 8.06. The second-order valence-electron chi connectivity index (χ2n) is 8.06. The summed E-state index contributed by atoms with van der Waals surface area (Å²) in [6.45, 7) is -2.16. The van der Waals surface area contributed by atoms with Gasteiger partial charge in [-0.3, -0.25) is 9.59 Å². The van der Waals surface area contributed by atoms with Crippen LogP contribution < -0.4 is 4.74 Å². The average molecular weight is 408 g/mol. The van der Waals surface area contributed by atoms with Gasteiger partial charge < -0.3 is 14.5 Å². The predicted octanol–water partition coefficient (Wildman–Crippen LogP) is 4.32. The third-order valence-electron chi connectivity index (χ3n) is 6.11. The van der Waals surface area contributed by atoms with Crippen molar-refractivity contribution in [3.05, 3.63) is 29.8 Å². The summed E-state index contributed by atoms with van der Waals surface area (Å²) < 4.78 is 29.8. The summed E-state index contributed by atoms with van der Waals surface area (Å²) in [6, 6.07) is 6.31. The monoisotopic (exact) mass is 408 g/mol. The minimum absolute atomic E-state index is 0.0894. The van der Waals surface area contributed by atoms with Gasteiger partial charge in [-0.05, 0) is 37.8 Å². The Bertz CT molecular complexity index is 705. The maximum Gasteiger partial charge on any atom is 0.387 e. The van der Waals surface area contributed by atoms with Crippen molar-refractivity contribution in [3.8, 4) is 5.75 Å². The Kier molecular flexibility index (Phi) is 7.45. The summed E-state index contributed by atoms with van der Waals surface area (Å²) in [7, 11) is 1.88. The Labute approximate surface area is 171 Å². The molecule has 7 heteroatoms. The van der Waals surface area contributed by atoms with Crippen LogP contribution >= 0.6 is 0 Å². The molecule has 0 bridgehead atoms. The number of benzene rings is 1. The number of ether oxygens (including phenoxy) is 1. The zero-order valence-corrected chi connectivity index (χ0v) is 17.0. The van der Waals surface area contributed by atoms with Crippen LogP contribution in [0.1, 0.15) is 61.7 Å². The minimum Gasteiger partial charge on any atom is -0.434 e. The molecule has 1 saturated heterocycles. The quantitative estimate of drug-likeness (QED) is 0.682. The highest BCUT2D eigenvalue weighted by atomic mass is 19.3. The molecule has 1 atom stereocenters. The number of carbonyl (C=O) groups is 2. The molecule has 1 heterocycles. The summed E-state index contributed by atoms with van der Waals surface area (Å²) in [6.07, 6.45) is 8.30. The largest absolute Gasteiger partial charge is 0.434 e. The van der Waals surface area contributed by atoms with E-state index in [0.717, 1.165) is 38.5 Å². The maximum atomic E-state index is 13.1. The van der Waals surface area contributed by atoms with Gasteiger partial charge in [0.05, 0.1) is 11.5 Å². The number of likely N-dealkylation sites (tertiary alicyclic amines) is 1. The fraction of sp³-hybridized carbons (Fsp3) is 0.636. The molecule has 3 rings (SSSR count). The molecule has 29 heavy (non-hydrogen) atoms. The Balaban J connectivity index is 1.67. The highest BCUT2D eigenvalue weighted by Gasteiger charge is 2.33. The summed E-state index contributed by atoms with van der Waals surface area (Å²) in [5, 5.41) is 0. The first-order chi connectivity index (χ1) is 14.0. The molecule has 2 aliphatic rings. The average Bonchev–Trinajstić information content (AvgIpc) is 3.02. The van der Waals surface area contributed by atoms with Crippen LogP contribution in [-0.2, 0) is 4.79 Å². The third-order valence-corrected chi connectivity index (χ3v) is 6.11. The summed E-state index contributed by atoms with van der Waals surface area (Å²) >= 11 is 0. The van der Waals surface area contributed by atoms with Gasteiger partial charge in [0, 0.05) is 26.2 Å². The second kappa shape index (κ2) is 10.0. The first-order valence-electron chi connectivity index (χ1n) is 10.6. The molecule has 2 fully saturated rings. The summed E-state index contributed by atoms with van der Waals surface area (Å²) in [5.74, 6) is -0.650. The molecular formula is C22H30F2N2O3. The molecule has 160 valence electrons. The number of amides is 2. The van der Waals surface area contributed by atoms with Crippen LogP contribution in [0.25, 0.3) is 0 Å². The number of para-hydroxylation sites is 1. The first kappa shape index (κ1) is 21.5. The minimum atomic E-state index is -2.99. The zero-order chi connectivity index (χ0) is 20.8. The van der Waals surface area contributed by atoms with Gasteiger partial charge >= 0.3 is 6.61 Å². The molecule has 1 aliphatic heterocycles. The molecule has 1 aromatic rings. The van der Waals surface area contributed by atoms with Crippen LogP contribution in [0.15, 0.2) is 24.3 Å². The van der Waals surface area contributed by atoms with Crippen molar-refractivity contribution in [2.45, 2.75) is 64.0 Å². The van der Waals surface area contributed by atoms with E-state index in [1.54, 1.807) is 17.0 Å². The molecule has 0 aromatic heterocycles. The number of halogens is 2. The number of hydrogen-bond acceptors (Lipinski definition) is 3. The van der Waals surface area contributed by atoms with E-state index in [4.69, 9.17) is 0 Å². The fourth-order valence-electron chi connectivity index (χ4n) is 4.49. The van der Waals surface area contributed by atoms with Crippen molar-refractivity contribution in [2.24, 2.45) is 5.92 Å². The number of alkyl halides is 2. The van der Waals surface area contributed by atoms with Crippen LogP contribution in [0.5, 0.6) is 5.75 Å². The molecule has 1 saturated carbocycles. The highest BCUT2D eigenvalue weighted by molar-refractivity contribution is 5.97. The lowest BCUT2D eigenvalue weighted by Gasteiger charge is -2.36. The maximum absolute atomic E-state index is 13.1. The number of piperidine rings is 1. The van der Waals surface area contributed by atoms with Crippen LogP contribution in [-0.4, -0.2) is 54.4 Å². The van der Waals surface area contributed by atoms with Crippen LogP contribution in [0.4, 0.5) is 8.78 Å². The van der Waals surface area contributed by atoms with Crippen molar-refractivity contribution >= 4 is 11.8 Å². The van der Waals surface area contributed by atoms with Gasteiger partial charge in [0.1, 0.15) is 5.75 Å². The molecule has 5 nitrogen and oxygen atoms in total. The van der Waals surface area contributed by atoms with E-state index in [2.05, 4.69) is 4.74 Å². The van der Waals surface area contributed by atoms with Crippen LogP contribution in [0.3, 0.4) is 0 Å². The fourth-order valence-corrected chi connectivity index (χ4v) is 4.49. The predicted molar refractivity (Wildman–Crippen MR) is 106 cm³/mol. The molecule has 0 spiro atoms.